The van der Waals surface area contributed by atoms with Gasteiger partial charge in [-0.05, 0) is 0 Å². The summed E-state index contributed by atoms with van der Waals surface area (Å²) < 4.78 is 0. The monoisotopic (exact) mass is 238 g/mol. The first-order chi connectivity index (χ1) is 6.45. The maximum Gasteiger partial charge on any atom is 0.321 e. The largest absolute Gasteiger partial charge is 0.511 e. The van der Waals surface area contributed by atoms with Crippen molar-refractivity contribution in [2.24, 2.45) is 11.5 Å². The lowest BCUT2D eigenvalue weighted by Crippen LogP contribution is -2.32. The van der Waals surface area contributed by atoms with E-state index in [0.29, 0.717) is 11.5 Å². The van der Waals surface area contributed by atoms with E-state index in [9.17, 15) is 4.79 Å². The maximum absolute atomic E-state index is 10.3. The molecule has 0 saturated heterocycles. The van der Waals surface area contributed by atoms with Gasteiger partial charge in [-0.15, -0.1) is 0 Å². The molecule has 14 heavy (non-hydrogen) atoms. The molecular weight excluding hydrogens is 224 g/mol. The minimum absolute atomic E-state index is 0.0689. The number of aliphatic hydroxyl groups is 1. The molecule has 0 aliphatic heterocycles. The Morgan fingerprint density at radius 3 is 2.00 bits per heavy atom. The Balaban J connectivity index is 3.47. The first-order valence-electron chi connectivity index (χ1n) is 3.81. The zero-order valence-electron chi connectivity index (χ0n) is 7.55. The van der Waals surface area contributed by atoms with Crippen LogP contribution in [0.25, 0.3) is 0 Å². The van der Waals surface area contributed by atoms with E-state index in [0.717, 1.165) is 0 Å². The zero-order chi connectivity index (χ0) is 11.1. The Labute approximate surface area is 90.3 Å². The predicted molar refractivity (Wildman–Crippen MR) is 60.3 cm³/mol. The molecule has 0 amide bonds. The molecule has 2 atom stereocenters. The summed E-state index contributed by atoms with van der Waals surface area (Å²) in [6.45, 7) is 3.29. The molecule has 0 aliphatic rings. The number of nitrogens with two attached hydrogens (primary N) is 2. The van der Waals surface area contributed by atoms with E-state index in [1.807, 2.05) is 0 Å². The smallest absolute Gasteiger partial charge is 0.321 e. The SMILES string of the molecule is C=C(O)C(N)CSSCC(N)C(=O)O. The van der Waals surface area contributed by atoms with Crippen LogP contribution in [-0.2, 0) is 4.79 Å². The fourth-order valence-electron chi connectivity index (χ4n) is 0.410. The summed E-state index contributed by atoms with van der Waals surface area (Å²) in [7, 11) is 2.68. The van der Waals surface area contributed by atoms with Crippen molar-refractivity contribution in [3.05, 3.63) is 12.3 Å². The molecule has 0 spiro atoms. The van der Waals surface area contributed by atoms with Crippen LogP contribution in [0.15, 0.2) is 12.3 Å². The van der Waals surface area contributed by atoms with Gasteiger partial charge in [-0.3, -0.25) is 4.79 Å². The highest BCUT2D eigenvalue weighted by Gasteiger charge is 2.12. The van der Waals surface area contributed by atoms with Crippen molar-refractivity contribution in [2.45, 2.75) is 12.1 Å². The number of carboxylic acid groups (broad SMARTS) is 1. The van der Waals surface area contributed by atoms with E-state index in [2.05, 4.69) is 6.58 Å². The van der Waals surface area contributed by atoms with Gasteiger partial charge in [0, 0.05) is 11.5 Å². The normalized spacial score (nSPS) is 14.7. The van der Waals surface area contributed by atoms with Crippen LogP contribution in [0.2, 0.25) is 0 Å². The van der Waals surface area contributed by atoms with E-state index in [-0.39, 0.29) is 5.76 Å². The number of carboxylic acids is 1. The Bertz CT molecular complexity index is 191. The van der Waals surface area contributed by atoms with Gasteiger partial charge in [0.05, 0.1) is 6.04 Å². The van der Waals surface area contributed by atoms with E-state index >= 15 is 0 Å². The Kier molecular flexibility index (Phi) is 6.81. The molecule has 0 aliphatic carbocycles. The molecule has 0 aromatic rings. The number of hydrogen-bond acceptors (Lipinski definition) is 6. The van der Waals surface area contributed by atoms with Crippen LogP contribution < -0.4 is 11.5 Å². The van der Waals surface area contributed by atoms with Gasteiger partial charge in [-0.2, -0.15) is 0 Å². The van der Waals surface area contributed by atoms with E-state index in [1.165, 1.54) is 21.6 Å². The van der Waals surface area contributed by atoms with Crippen LogP contribution >= 0.6 is 21.6 Å². The number of aliphatic hydroxyl groups excluding tert-OH is 1. The van der Waals surface area contributed by atoms with E-state index in [1.54, 1.807) is 0 Å². The van der Waals surface area contributed by atoms with Gasteiger partial charge in [-0.25, -0.2) is 0 Å². The lowest BCUT2D eigenvalue weighted by Gasteiger charge is -2.09. The molecule has 5 nitrogen and oxygen atoms in total. The summed E-state index contributed by atoms with van der Waals surface area (Å²) in [6, 6.07) is -1.34. The minimum Gasteiger partial charge on any atom is -0.511 e. The van der Waals surface area contributed by atoms with Crippen molar-refractivity contribution >= 4 is 27.6 Å². The minimum atomic E-state index is -1.02. The van der Waals surface area contributed by atoms with Crippen LogP contribution in [0.4, 0.5) is 0 Å². The third kappa shape index (κ3) is 6.14. The number of hydrogen-bond donors (Lipinski definition) is 4. The second-order valence-corrected chi connectivity index (χ2v) is 5.16. The summed E-state index contributed by atoms with van der Waals surface area (Å²) >= 11 is 0. The first-order valence-corrected chi connectivity index (χ1v) is 6.30. The van der Waals surface area contributed by atoms with E-state index < -0.39 is 18.1 Å². The van der Waals surface area contributed by atoms with Crippen LogP contribution in [0, 0.1) is 0 Å². The molecule has 2 unspecified atom stereocenters. The number of aliphatic carboxylic acids is 1. The fourth-order valence-corrected chi connectivity index (χ4v) is 2.69. The van der Waals surface area contributed by atoms with Gasteiger partial charge in [0.1, 0.15) is 11.8 Å². The average Bonchev–Trinajstić information content (AvgIpc) is 2.11. The molecular formula is C7H14N2O3S2. The number of rotatable bonds is 7. The first kappa shape index (κ1) is 13.6. The van der Waals surface area contributed by atoms with Gasteiger partial charge >= 0.3 is 5.97 Å². The van der Waals surface area contributed by atoms with Crippen molar-refractivity contribution in [3.8, 4) is 0 Å². The van der Waals surface area contributed by atoms with Crippen molar-refractivity contribution in [3.63, 3.8) is 0 Å². The van der Waals surface area contributed by atoms with Crippen molar-refractivity contribution in [1.29, 1.82) is 0 Å². The third-order valence-corrected chi connectivity index (χ3v) is 3.80. The van der Waals surface area contributed by atoms with Gasteiger partial charge in [0.15, 0.2) is 0 Å². The Morgan fingerprint density at radius 2 is 1.64 bits per heavy atom. The standard InChI is InChI=1S/C7H14N2O3S2/c1-4(10)5(8)2-13-14-3-6(9)7(11)12/h5-6,10H,1-3,8-9H2,(H,11,12). The molecule has 0 aromatic carbocycles. The highest BCUT2D eigenvalue weighted by atomic mass is 33.1. The fraction of sp³-hybridized carbons (Fsp3) is 0.571. The van der Waals surface area contributed by atoms with Crippen LogP contribution in [0.1, 0.15) is 0 Å². The maximum atomic E-state index is 10.3. The molecule has 0 fully saturated rings. The van der Waals surface area contributed by atoms with Crippen molar-refractivity contribution in [1.82, 2.24) is 0 Å². The summed E-state index contributed by atoms with van der Waals surface area (Å²) in [6.07, 6.45) is 0. The molecule has 0 bridgehead atoms. The van der Waals surface area contributed by atoms with Crippen LogP contribution in [-0.4, -0.2) is 39.8 Å². The zero-order valence-corrected chi connectivity index (χ0v) is 9.18. The summed E-state index contributed by atoms with van der Waals surface area (Å²) in [5, 5.41) is 17.3. The highest BCUT2D eigenvalue weighted by molar-refractivity contribution is 8.76. The second kappa shape index (κ2) is 6.99. The Morgan fingerprint density at radius 1 is 1.21 bits per heavy atom. The molecule has 82 valence electrons. The highest BCUT2D eigenvalue weighted by Crippen LogP contribution is 2.22. The van der Waals surface area contributed by atoms with Gasteiger partial charge in [-0.1, -0.05) is 28.2 Å². The van der Waals surface area contributed by atoms with Crippen molar-refractivity contribution < 1.29 is 15.0 Å². The second-order valence-electron chi connectivity index (χ2n) is 2.61. The molecule has 0 heterocycles. The topological polar surface area (TPSA) is 110 Å². The molecule has 7 heteroatoms. The third-order valence-electron chi connectivity index (χ3n) is 1.32. The molecule has 0 saturated carbocycles. The van der Waals surface area contributed by atoms with Crippen LogP contribution in [0.3, 0.4) is 0 Å². The summed E-state index contributed by atoms with van der Waals surface area (Å²) in [5.74, 6) is -0.300. The summed E-state index contributed by atoms with van der Waals surface area (Å²) in [4.78, 5) is 10.3. The van der Waals surface area contributed by atoms with E-state index in [4.69, 9.17) is 21.7 Å². The van der Waals surface area contributed by atoms with Gasteiger partial charge < -0.3 is 21.7 Å². The lowest BCUT2D eigenvalue weighted by atomic mass is 10.3. The summed E-state index contributed by atoms with van der Waals surface area (Å²) in [5.41, 5.74) is 10.7. The lowest BCUT2D eigenvalue weighted by molar-refractivity contribution is -0.137. The predicted octanol–water partition coefficient (Wildman–Crippen LogP) is 0.179. The van der Waals surface area contributed by atoms with Crippen molar-refractivity contribution in [2.75, 3.05) is 11.5 Å². The molecule has 0 radical (unpaired) electrons. The Hall–Kier alpha value is -0.370. The average molecular weight is 238 g/mol. The van der Waals surface area contributed by atoms with Gasteiger partial charge in [0.25, 0.3) is 0 Å². The quantitative estimate of drug-likeness (QED) is 0.284. The molecule has 0 rings (SSSR count). The van der Waals surface area contributed by atoms with Crippen LogP contribution in [0.5, 0.6) is 0 Å². The van der Waals surface area contributed by atoms with Gasteiger partial charge in [0.2, 0.25) is 0 Å². The molecule has 0 aromatic heterocycles. The molecule has 6 N–H and O–H groups in total. The number of carbonyl (C=O) groups is 1.